The molecule has 2 aromatic rings. The highest BCUT2D eigenvalue weighted by Gasteiger charge is 2.26. The first kappa shape index (κ1) is 19.3. The molecule has 0 radical (unpaired) electrons. The van der Waals surface area contributed by atoms with E-state index in [1.165, 1.54) is 0 Å². The zero-order chi connectivity index (χ0) is 19.1. The van der Waals surface area contributed by atoms with Gasteiger partial charge in [-0.3, -0.25) is 10.1 Å². The van der Waals surface area contributed by atoms with E-state index in [0.717, 1.165) is 5.56 Å². The van der Waals surface area contributed by atoms with Gasteiger partial charge in [0, 0.05) is 10.6 Å². The highest BCUT2D eigenvalue weighted by molar-refractivity contribution is 6.31. The number of benzene rings is 2. The lowest BCUT2D eigenvalue weighted by atomic mass is 10.1. The summed E-state index contributed by atoms with van der Waals surface area (Å²) in [5.41, 5.74) is 6.14. The Morgan fingerprint density at radius 2 is 1.85 bits per heavy atom. The van der Waals surface area contributed by atoms with E-state index in [4.69, 9.17) is 26.8 Å². The number of hydrogen-bond donors (Lipinski definition) is 2. The number of hydrogen-bond acceptors (Lipinski definition) is 5. The summed E-state index contributed by atoms with van der Waals surface area (Å²) in [5, 5.41) is 2.48. The Morgan fingerprint density at radius 3 is 2.46 bits per heavy atom. The molecule has 8 heteroatoms. The van der Waals surface area contributed by atoms with Crippen molar-refractivity contribution in [1.82, 2.24) is 5.32 Å². The van der Waals surface area contributed by atoms with Crippen LogP contribution in [0.3, 0.4) is 0 Å². The highest BCUT2D eigenvalue weighted by atomic mass is 35.5. The normalized spacial score (nSPS) is 11.3. The van der Waals surface area contributed by atoms with Gasteiger partial charge in [-0.1, -0.05) is 41.9 Å². The van der Waals surface area contributed by atoms with Crippen LogP contribution >= 0.6 is 11.6 Å². The van der Waals surface area contributed by atoms with E-state index in [2.05, 4.69) is 0 Å². The Balaban J connectivity index is 2.04. The SMILES string of the molecule is Cc1cc(OCC(=O)O[C@H](C(=O)NC(N)=O)c2ccccc2)ccc1Cl. The number of aryl methyl sites for hydroxylation is 1. The van der Waals surface area contributed by atoms with Gasteiger partial charge in [0.25, 0.3) is 5.91 Å². The third-order valence-electron chi connectivity index (χ3n) is 3.32. The molecule has 0 aliphatic heterocycles. The molecule has 2 rings (SSSR count). The lowest BCUT2D eigenvalue weighted by Gasteiger charge is -2.17. The fourth-order valence-electron chi connectivity index (χ4n) is 2.10. The standard InChI is InChI=1S/C18H17ClN2O5/c1-11-9-13(7-8-14(11)19)25-10-15(22)26-16(17(23)21-18(20)24)12-5-3-2-4-6-12/h2-9,16H,10H2,1H3,(H3,20,21,23,24)/t16-/m0/s1. The maximum absolute atomic E-state index is 12.1. The molecular weight excluding hydrogens is 360 g/mol. The monoisotopic (exact) mass is 376 g/mol. The summed E-state index contributed by atoms with van der Waals surface area (Å²) in [6.45, 7) is 1.38. The first-order valence-electron chi connectivity index (χ1n) is 7.60. The number of esters is 1. The molecule has 0 heterocycles. The van der Waals surface area contributed by atoms with Gasteiger partial charge in [0.1, 0.15) is 5.75 Å². The lowest BCUT2D eigenvalue weighted by molar-refractivity contribution is -0.158. The maximum atomic E-state index is 12.1. The van der Waals surface area contributed by atoms with Crippen LogP contribution in [0.1, 0.15) is 17.2 Å². The van der Waals surface area contributed by atoms with Gasteiger partial charge in [0.2, 0.25) is 6.10 Å². The molecule has 136 valence electrons. The van der Waals surface area contributed by atoms with E-state index in [0.29, 0.717) is 16.3 Å². The van der Waals surface area contributed by atoms with Crippen molar-refractivity contribution in [2.75, 3.05) is 6.61 Å². The molecule has 3 N–H and O–H groups in total. The van der Waals surface area contributed by atoms with Gasteiger partial charge in [0.15, 0.2) is 6.61 Å². The third kappa shape index (κ3) is 5.49. The topological polar surface area (TPSA) is 108 Å². The molecule has 0 aliphatic rings. The quantitative estimate of drug-likeness (QED) is 0.753. The van der Waals surface area contributed by atoms with Gasteiger partial charge in [-0.25, -0.2) is 9.59 Å². The minimum atomic E-state index is -1.33. The van der Waals surface area contributed by atoms with Crippen LogP contribution in [0.4, 0.5) is 4.79 Å². The van der Waals surface area contributed by atoms with Crippen molar-refractivity contribution in [3.8, 4) is 5.75 Å². The molecule has 0 fully saturated rings. The predicted octanol–water partition coefficient (Wildman–Crippen LogP) is 2.51. The number of carbonyl (C=O) groups is 3. The second-order valence-corrected chi connectivity index (χ2v) is 5.74. The fourth-order valence-corrected chi connectivity index (χ4v) is 2.22. The van der Waals surface area contributed by atoms with Crippen molar-refractivity contribution in [3.05, 3.63) is 64.7 Å². The summed E-state index contributed by atoms with van der Waals surface area (Å²) in [6.07, 6.45) is -1.33. The van der Waals surface area contributed by atoms with Crippen molar-refractivity contribution in [3.63, 3.8) is 0 Å². The third-order valence-corrected chi connectivity index (χ3v) is 3.75. The van der Waals surface area contributed by atoms with Crippen molar-refractivity contribution >= 4 is 29.5 Å². The zero-order valence-electron chi connectivity index (χ0n) is 13.9. The molecule has 26 heavy (non-hydrogen) atoms. The Kier molecular flexibility index (Phi) is 6.57. The van der Waals surface area contributed by atoms with Crippen molar-refractivity contribution in [2.24, 2.45) is 5.73 Å². The Morgan fingerprint density at radius 1 is 1.15 bits per heavy atom. The Bertz CT molecular complexity index is 810. The summed E-state index contributed by atoms with van der Waals surface area (Å²) >= 11 is 5.93. The molecule has 2 aromatic carbocycles. The van der Waals surface area contributed by atoms with E-state index >= 15 is 0 Å². The first-order valence-corrected chi connectivity index (χ1v) is 7.98. The average Bonchev–Trinajstić information content (AvgIpc) is 2.60. The van der Waals surface area contributed by atoms with Crippen LogP contribution in [0.15, 0.2) is 48.5 Å². The number of nitrogens with two attached hydrogens (primary N) is 1. The van der Waals surface area contributed by atoms with Crippen molar-refractivity contribution < 1.29 is 23.9 Å². The number of imide groups is 1. The van der Waals surface area contributed by atoms with E-state index in [9.17, 15) is 14.4 Å². The summed E-state index contributed by atoms with van der Waals surface area (Å²) in [7, 11) is 0. The molecule has 0 unspecified atom stereocenters. The van der Waals surface area contributed by atoms with E-state index in [1.807, 2.05) is 5.32 Å². The van der Waals surface area contributed by atoms with E-state index in [-0.39, 0.29) is 0 Å². The van der Waals surface area contributed by atoms with Crippen molar-refractivity contribution in [1.29, 1.82) is 0 Å². The second-order valence-electron chi connectivity index (χ2n) is 5.33. The van der Waals surface area contributed by atoms with Crippen LogP contribution in [0.5, 0.6) is 5.75 Å². The molecule has 0 saturated heterocycles. The number of ether oxygens (including phenoxy) is 2. The molecule has 3 amide bonds. The molecule has 0 aliphatic carbocycles. The first-order chi connectivity index (χ1) is 12.4. The zero-order valence-corrected chi connectivity index (χ0v) is 14.7. The van der Waals surface area contributed by atoms with E-state index < -0.39 is 30.6 Å². The number of nitrogens with one attached hydrogen (secondary N) is 1. The van der Waals surface area contributed by atoms with Crippen LogP contribution in [0.25, 0.3) is 0 Å². The van der Waals surface area contributed by atoms with Gasteiger partial charge >= 0.3 is 12.0 Å². The van der Waals surface area contributed by atoms with Crippen LogP contribution < -0.4 is 15.8 Å². The van der Waals surface area contributed by atoms with Crippen LogP contribution in [0, 0.1) is 6.92 Å². The number of amides is 3. The van der Waals surface area contributed by atoms with Gasteiger partial charge in [-0.2, -0.15) is 0 Å². The summed E-state index contributed by atoms with van der Waals surface area (Å²) in [5.74, 6) is -1.20. The summed E-state index contributed by atoms with van der Waals surface area (Å²) in [4.78, 5) is 35.1. The van der Waals surface area contributed by atoms with Gasteiger partial charge < -0.3 is 15.2 Å². The second kappa shape index (κ2) is 8.87. The number of carbonyl (C=O) groups excluding carboxylic acids is 3. The Hall–Kier alpha value is -3.06. The Labute approximate surface area is 155 Å². The summed E-state index contributed by atoms with van der Waals surface area (Å²) < 4.78 is 10.5. The minimum Gasteiger partial charge on any atom is -0.482 e. The number of halogens is 1. The predicted molar refractivity (Wildman–Crippen MR) is 94.7 cm³/mol. The largest absolute Gasteiger partial charge is 0.482 e. The van der Waals surface area contributed by atoms with Crippen LogP contribution in [-0.2, 0) is 14.3 Å². The molecule has 0 spiro atoms. The smallest absolute Gasteiger partial charge is 0.345 e. The maximum Gasteiger partial charge on any atom is 0.345 e. The van der Waals surface area contributed by atoms with Crippen LogP contribution in [-0.4, -0.2) is 24.5 Å². The minimum absolute atomic E-state index is 0.391. The number of primary amides is 1. The number of urea groups is 1. The summed E-state index contributed by atoms with van der Waals surface area (Å²) in [6, 6.07) is 12.1. The molecular formula is C18H17ClN2O5. The molecule has 0 saturated carbocycles. The fraction of sp³-hybridized carbons (Fsp3) is 0.167. The molecule has 1 atom stereocenters. The average molecular weight is 377 g/mol. The molecule has 7 nitrogen and oxygen atoms in total. The molecule has 0 aromatic heterocycles. The lowest BCUT2D eigenvalue weighted by Crippen LogP contribution is -2.40. The van der Waals surface area contributed by atoms with Crippen LogP contribution in [0.2, 0.25) is 5.02 Å². The molecule has 0 bridgehead atoms. The van der Waals surface area contributed by atoms with Gasteiger partial charge in [0.05, 0.1) is 0 Å². The number of rotatable bonds is 6. The van der Waals surface area contributed by atoms with Crippen molar-refractivity contribution in [2.45, 2.75) is 13.0 Å². The van der Waals surface area contributed by atoms with Gasteiger partial charge in [-0.05, 0) is 30.7 Å². The highest BCUT2D eigenvalue weighted by Crippen LogP contribution is 2.22. The van der Waals surface area contributed by atoms with E-state index in [1.54, 1.807) is 55.5 Å². The van der Waals surface area contributed by atoms with Gasteiger partial charge in [-0.15, -0.1) is 0 Å².